The highest BCUT2D eigenvalue weighted by atomic mass is 32.1. The second-order valence-corrected chi connectivity index (χ2v) is 5.56. The van der Waals surface area contributed by atoms with Gasteiger partial charge in [-0.05, 0) is 27.2 Å². The molecule has 0 aliphatic rings. The van der Waals surface area contributed by atoms with Crippen molar-refractivity contribution in [3.05, 3.63) is 15.6 Å². The van der Waals surface area contributed by atoms with Crippen LogP contribution in [0.2, 0.25) is 0 Å². The van der Waals surface area contributed by atoms with Crippen LogP contribution in [0.5, 0.6) is 0 Å². The molecule has 0 aliphatic carbocycles. The highest BCUT2D eigenvalue weighted by molar-refractivity contribution is 7.11. The summed E-state index contributed by atoms with van der Waals surface area (Å²) in [6.45, 7) is 7.35. The second-order valence-electron chi connectivity index (χ2n) is 4.32. The average molecular weight is 285 g/mol. The molecule has 1 rings (SSSR count). The Bertz CT molecular complexity index is 473. The Morgan fingerprint density at radius 2 is 2.00 bits per heavy atom. The number of aromatic nitrogens is 1. The molecule has 2 unspecified atom stereocenters. The zero-order valence-corrected chi connectivity index (χ0v) is 12.3. The first-order valence-electron chi connectivity index (χ1n) is 6.08. The van der Waals surface area contributed by atoms with Crippen LogP contribution in [0.15, 0.2) is 0 Å². The summed E-state index contributed by atoms with van der Waals surface area (Å²) in [4.78, 5) is 27.8. The first kappa shape index (κ1) is 15.4. The lowest BCUT2D eigenvalue weighted by molar-refractivity contribution is -0.139. The van der Waals surface area contributed by atoms with Gasteiger partial charge in [-0.15, -0.1) is 11.3 Å². The van der Waals surface area contributed by atoms with Crippen molar-refractivity contribution in [3.63, 3.8) is 0 Å². The highest BCUT2D eigenvalue weighted by Crippen LogP contribution is 2.24. The normalized spacial score (nSPS) is 13.7. The number of aryl methyl sites for hydroxylation is 2. The van der Waals surface area contributed by atoms with Crippen LogP contribution in [-0.2, 0) is 4.79 Å². The van der Waals surface area contributed by atoms with Gasteiger partial charge in [0, 0.05) is 4.88 Å². The number of urea groups is 1. The molecule has 2 atom stereocenters. The van der Waals surface area contributed by atoms with E-state index in [-0.39, 0.29) is 6.04 Å². The third-order valence-corrected chi connectivity index (χ3v) is 3.95. The van der Waals surface area contributed by atoms with Gasteiger partial charge in [-0.1, -0.05) is 6.92 Å². The quantitative estimate of drug-likeness (QED) is 0.771. The number of hydrogen-bond donors (Lipinski definition) is 3. The molecule has 0 saturated carbocycles. The lowest BCUT2D eigenvalue weighted by atomic mass is 10.2. The maximum absolute atomic E-state index is 11.7. The highest BCUT2D eigenvalue weighted by Gasteiger charge is 2.20. The van der Waals surface area contributed by atoms with E-state index in [4.69, 9.17) is 5.11 Å². The molecule has 106 valence electrons. The Morgan fingerprint density at radius 3 is 2.42 bits per heavy atom. The lowest BCUT2D eigenvalue weighted by Crippen LogP contribution is -2.46. The molecule has 0 saturated heterocycles. The Balaban J connectivity index is 2.62. The summed E-state index contributed by atoms with van der Waals surface area (Å²) in [5, 5.41) is 15.0. The van der Waals surface area contributed by atoms with Gasteiger partial charge in [0.05, 0.1) is 16.7 Å². The first-order valence-corrected chi connectivity index (χ1v) is 6.90. The van der Waals surface area contributed by atoms with E-state index in [9.17, 15) is 9.59 Å². The zero-order chi connectivity index (χ0) is 14.6. The van der Waals surface area contributed by atoms with E-state index in [1.165, 1.54) is 11.3 Å². The third-order valence-electron chi connectivity index (χ3n) is 2.69. The van der Waals surface area contributed by atoms with Gasteiger partial charge in [0.15, 0.2) is 0 Å². The van der Waals surface area contributed by atoms with Gasteiger partial charge in [0.25, 0.3) is 0 Å². The molecule has 0 aromatic carbocycles. The van der Waals surface area contributed by atoms with Crippen LogP contribution in [0.4, 0.5) is 4.79 Å². The largest absolute Gasteiger partial charge is 0.480 e. The minimum atomic E-state index is -1.03. The summed E-state index contributed by atoms with van der Waals surface area (Å²) in [6, 6.07) is -1.54. The molecule has 1 heterocycles. The smallest absolute Gasteiger partial charge is 0.326 e. The van der Waals surface area contributed by atoms with E-state index < -0.39 is 18.0 Å². The van der Waals surface area contributed by atoms with Gasteiger partial charge < -0.3 is 15.7 Å². The number of aliphatic carboxylic acids is 1. The number of carboxylic acid groups (broad SMARTS) is 1. The molecule has 0 radical (unpaired) electrons. The number of carboxylic acids is 1. The zero-order valence-electron chi connectivity index (χ0n) is 11.5. The Hall–Kier alpha value is -1.63. The van der Waals surface area contributed by atoms with Crippen LogP contribution < -0.4 is 10.6 Å². The van der Waals surface area contributed by atoms with E-state index in [2.05, 4.69) is 15.6 Å². The van der Waals surface area contributed by atoms with Gasteiger partial charge >= 0.3 is 12.0 Å². The molecule has 1 aromatic heterocycles. The summed E-state index contributed by atoms with van der Waals surface area (Å²) >= 11 is 1.53. The molecule has 0 spiro atoms. The monoisotopic (exact) mass is 285 g/mol. The molecular weight excluding hydrogens is 266 g/mol. The fourth-order valence-corrected chi connectivity index (χ4v) is 2.68. The van der Waals surface area contributed by atoms with Crippen molar-refractivity contribution in [3.8, 4) is 0 Å². The summed E-state index contributed by atoms with van der Waals surface area (Å²) in [5.74, 6) is -1.03. The number of amides is 2. The first-order chi connectivity index (χ1) is 8.85. The fourth-order valence-electron chi connectivity index (χ4n) is 1.75. The van der Waals surface area contributed by atoms with E-state index in [0.717, 1.165) is 15.6 Å². The summed E-state index contributed by atoms with van der Waals surface area (Å²) in [5.41, 5.74) is 0.889. The second kappa shape index (κ2) is 6.51. The number of rotatable bonds is 5. The van der Waals surface area contributed by atoms with Gasteiger partial charge in [-0.3, -0.25) is 0 Å². The number of thiazole rings is 1. The SMILES string of the molecule is CCC(NC(=O)NC(C)c1sc(C)nc1C)C(=O)O. The van der Waals surface area contributed by atoms with Crippen LogP contribution in [0.25, 0.3) is 0 Å². The van der Waals surface area contributed by atoms with Crippen molar-refractivity contribution in [2.45, 2.75) is 46.2 Å². The summed E-state index contributed by atoms with van der Waals surface area (Å²) in [7, 11) is 0. The molecule has 7 heteroatoms. The Kier molecular flexibility index (Phi) is 5.29. The minimum Gasteiger partial charge on any atom is -0.480 e. The molecule has 2 amide bonds. The number of nitrogens with one attached hydrogen (secondary N) is 2. The molecule has 6 nitrogen and oxygen atoms in total. The van der Waals surface area contributed by atoms with Crippen molar-refractivity contribution in [2.75, 3.05) is 0 Å². The molecule has 3 N–H and O–H groups in total. The topological polar surface area (TPSA) is 91.3 Å². The Labute approximate surface area is 116 Å². The van der Waals surface area contributed by atoms with Crippen LogP contribution in [-0.4, -0.2) is 28.1 Å². The summed E-state index contributed by atoms with van der Waals surface area (Å²) < 4.78 is 0. The van der Waals surface area contributed by atoms with Gasteiger partial charge in [0.1, 0.15) is 6.04 Å². The molecule has 1 aromatic rings. The number of nitrogens with zero attached hydrogens (tertiary/aromatic N) is 1. The molecule has 0 bridgehead atoms. The average Bonchev–Trinajstić information content (AvgIpc) is 2.65. The Morgan fingerprint density at radius 1 is 1.37 bits per heavy atom. The van der Waals surface area contributed by atoms with Gasteiger partial charge in [0.2, 0.25) is 0 Å². The minimum absolute atomic E-state index is 0.197. The van der Waals surface area contributed by atoms with Crippen molar-refractivity contribution >= 4 is 23.3 Å². The van der Waals surface area contributed by atoms with Crippen molar-refractivity contribution in [1.29, 1.82) is 0 Å². The van der Waals surface area contributed by atoms with Crippen LogP contribution >= 0.6 is 11.3 Å². The van der Waals surface area contributed by atoms with Gasteiger partial charge in [-0.25, -0.2) is 14.6 Å². The fraction of sp³-hybridized carbons (Fsp3) is 0.583. The van der Waals surface area contributed by atoms with E-state index >= 15 is 0 Å². The van der Waals surface area contributed by atoms with Crippen LogP contribution in [0.3, 0.4) is 0 Å². The third kappa shape index (κ3) is 4.20. The summed E-state index contributed by atoms with van der Waals surface area (Å²) in [6.07, 6.45) is 0.343. The molecule has 0 fully saturated rings. The molecular formula is C12H19N3O3S. The van der Waals surface area contributed by atoms with Crippen molar-refractivity contribution in [1.82, 2.24) is 15.6 Å². The standard InChI is InChI=1S/C12H19N3O3S/c1-5-9(11(16)17)15-12(18)14-7(3)10-6(2)13-8(4)19-10/h7,9H,5H2,1-4H3,(H,16,17)(H2,14,15,18). The number of carbonyl (C=O) groups is 2. The number of hydrogen-bond acceptors (Lipinski definition) is 4. The lowest BCUT2D eigenvalue weighted by Gasteiger charge is -2.17. The van der Waals surface area contributed by atoms with Crippen LogP contribution in [0, 0.1) is 13.8 Å². The van der Waals surface area contributed by atoms with Crippen LogP contribution in [0.1, 0.15) is 41.9 Å². The maximum atomic E-state index is 11.7. The predicted molar refractivity (Wildman–Crippen MR) is 73.4 cm³/mol. The number of carbonyl (C=O) groups excluding carboxylic acids is 1. The predicted octanol–water partition coefficient (Wildman–Crippen LogP) is 1.98. The molecule has 0 aliphatic heterocycles. The maximum Gasteiger partial charge on any atom is 0.326 e. The van der Waals surface area contributed by atoms with Crippen molar-refractivity contribution in [2.24, 2.45) is 0 Å². The van der Waals surface area contributed by atoms with E-state index in [0.29, 0.717) is 6.42 Å². The molecule has 19 heavy (non-hydrogen) atoms. The van der Waals surface area contributed by atoms with Gasteiger partial charge in [-0.2, -0.15) is 0 Å². The van der Waals surface area contributed by atoms with E-state index in [1.807, 2.05) is 20.8 Å². The van der Waals surface area contributed by atoms with E-state index in [1.54, 1.807) is 6.92 Å². The van der Waals surface area contributed by atoms with Crippen molar-refractivity contribution < 1.29 is 14.7 Å².